The van der Waals surface area contributed by atoms with Crippen molar-refractivity contribution in [1.29, 1.82) is 0 Å². The van der Waals surface area contributed by atoms with Crippen LogP contribution < -0.4 is 5.01 Å². The van der Waals surface area contributed by atoms with Gasteiger partial charge in [0.15, 0.2) is 0 Å². The lowest BCUT2D eigenvalue weighted by Crippen LogP contribution is -2.32. The molecule has 1 unspecified atom stereocenters. The van der Waals surface area contributed by atoms with Crippen LogP contribution in [0.5, 0.6) is 0 Å². The van der Waals surface area contributed by atoms with Gasteiger partial charge in [-0.3, -0.25) is 5.01 Å². The van der Waals surface area contributed by atoms with E-state index in [4.69, 9.17) is 0 Å². The smallest absolute Gasteiger partial charge is 0.416 e. The number of aliphatic hydroxyl groups is 2. The van der Waals surface area contributed by atoms with Crippen LogP contribution in [0.1, 0.15) is 29.2 Å². The number of nitrogens with zero attached hydrogens (tertiary/aromatic N) is 2. The molecule has 3 rings (SSSR count). The van der Waals surface area contributed by atoms with Crippen molar-refractivity contribution in [1.82, 2.24) is 0 Å². The van der Waals surface area contributed by atoms with Crippen molar-refractivity contribution in [2.45, 2.75) is 18.6 Å². The van der Waals surface area contributed by atoms with Gasteiger partial charge in [0.25, 0.3) is 0 Å². The summed E-state index contributed by atoms with van der Waals surface area (Å²) < 4.78 is 38.9. The summed E-state index contributed by atoms with van der Waals surface area (Å²) in [6.07, 6.45) is -4.20. The van der Waals surface area contributed by atoms with Gasteiger partial charge in [0.1, 0.15) is 0 Å². The van der Waals surface area contributed by atoms with Gasteiger partial charge in [-0.1, -0.05) is 24.3 Å². The average molecular weight is 336 g/mol. The molecular weight excluding hydrogens is 321 g/mol. The molecule has 1 aliphatic heterocycles. The zero-order valence-electron chi connectivity index (χ0n) is 12.5. The standard InChI is InChI=1S/C17H15F3N2O2/c18-17(19,20)11-4-3-5-12(10-11)22-15(8-9-23)13-6-1-2-7-14(13)16(24)21-22/h1-7,10,15,23H,8-9H2,(H,21,24). The number of halogens is 3. The third-order valence-corrected chi connectivity index (χ3v) is 3.90. The van der Waals surface area contributed by atoms with Crippen molar-refractivity contribution in [3.05, 3.63) is 65.2 Å². The lowest BCUT2D eigenvalue weighted by Gasteiger charge is -2.34. The molecule has 0 fully saturated rings. The number of hydrazone groups is 1. The van der Waals surface area contributed by atoms with Crippen LogP contribution >= 0.6 is 0 Å². The summed E-state index contributed by atoms with van der Waals surface area (Å²) in [5, 5.41) is 24.8. The Kier molecular flexibility index (Phi) is 4.19. The summed E-state index contributed by atoms with van der Waals surface area (Å²) >= 11 is 0. The maximum absolute atomic E-state index is 13.0. The van der Waals surface area contributed by atoms with E-state index in [1.165, 1.54) is 17.1 Å². The highest BCUT2D eigenvalue weighted by molar-refractivity contribution is 5.96. The summed E-state index contributed by atoms with van der Waals surface area (Å²) in [6, 6.07) is 11.2. The Morgan fingerprint density at radius 1 is 1.08 bits per heavy atom. The second kappa shape index (κ2) is 6.16. The number of alkyl halides is 3. The molecule has 126 valence electrons. The highest BCUT2D eigenvalue weighted by Crippen LogP contribution is 2.38. The van der Waals surface area contributed by atoms with E-state index in [-0.39, 0.29) is 24.6 Å². The fraction of sp³-hybridized carbons (Fsp3) is 0.235. The van der Waals surface area contributed by atoms with Gasteiger partial charge in [0, 0.05) is 12.2 Å². The van der Waals surface area contributed by atoms with Crippen LogP contribution in [0.2, 0.25) is 0 Å². The Morgan fingerprint density at radius 3 is 2.54 bits per heavy atom. The first-order valence-corrected chi connectivity index (χ1v) is 7.36. The Morgan fingerprint density at radius 2 is 1.83 bits per heavy atom. The number of anilines is 1. The Balaban J connectivity index is 2.09. The van der Waals surface area contributed by atoms with E-state index in [1.54, 1.807) is 24.3 Å². The van der Waals surface area contributed by atoms with Crippen LogP contribution in [0.3, 0.4) is 0 Å². The lowest BCUT2D eigenvalue weighted by atomic mass is 9.95. The Labute approximate surface area is 136 Å². The molecule has 0 aliphatic carbocycles. The largest absolute Gasteiger partial charge is 0.492 e. The number of benzene rings is 2. The second-order valence-electron chi connectivity index (χ2n) is 5.43. The van der Waals surface area contributed by atoms with Gasteiger partial charge in [-0.05, 0) is 36.2 Å². The van der Waals surface area contributed by atoms with Crippen LogP contribution in [0.15, 0.2) is 53.6 Å². The van der Waals surface area contributed by atoms with E-state index in [2.05, 4.69) is 5.10 Å². The summed E-state index contributed by atoms with van der Waals surface area (Å²) in [4.78, 5) is 0. The zero-order valence-corrected chi connectivity index (χ0v) is 12.5. The summed E-state index contributed by atoms with van der Waals surface area (Å²) in [6.45, 7) is -0.162. The van der Waals surface area contributed by atoms with Crippen LogP contribution in [-0.2, 0) is 6.18 Å². The van der Waals surface area contributed by atoms with Crippen molar-refractivity contribution >= 4 is 11.6 Å². The summed E-state index contributed by atoms with van der Waals surface area (Å²) in [5.41, 5.74) is 0.622. The highest BCUT2D eigenvalue weighted by atomic mass is 19.4. The monoisotopic (exact) mass is 336 g/mol. The van der Waals surface area contributed by atoms with E-state index < -0.39 is 17.8 Å². The molecular formula is C17H15F3N2O2. The molecule has 2 N–H and O–H groups in total. The van der Waals surface area contributed by atoms with Crippen LogP contribution in [-0.4, -0.2) is 22.7 Å². The second-order valence-corrected chi connectivity index (χ2v) is 5.43. The molecule has 0 amide bonds. The van der Waals surface area contributed by atoms with Crippen LogP contribution in [0, 0.1) is 0 Å². The third kappa shape index (κ3) is 2.94. The topological polar surface area (TPSA) is 56.1 Å². The minimum atomic E-state index is -4.47. The first-order valence-electron chi connectivity index (χ1n) is 7.36. The summed E-state index contributed by atoms with van der Waals surface area (Å²) in [7, 11) is 0. The molecule has 4 nitrogen and oxygen atoms in total. The molecule has 1 aliphatic rings. The highest BCUT2D eigenvalue weighted by Gasteiger charge is 2.33. The normalized spacial score (nSPS) is 17.4. The molecule has 1 atom stereocenters. The molecule has 7 heteroatoms. The average Bonchev–Trinajstić information content (AvgIpc) is 2.57. The van der Waals surface area contributed by atoms with Gasteiger partial charge < -0.3 is 10.2 Å². The van der Waals surface area contributed by atoms with Crippen LogP contribution in [0.4, 0.5) is 18.9 Å². The van der Waals surface area contributed by atoms with Crippen molar-refractivity contribution < 1.29 is 23.4 Å². The van der Waals surface area contributed by atoms with Gasteiger partial charge in [0.05, 0.1) is 17.3 Å². The first kappa shape index (κ1) is 16.3. The third-order valence-electron chi connectivity index (χ3n) is 3.90. The first-order chi connectivity index (χ1) is 11.4. The van der Waals surface area contributed by atoms with Gasteiger partial charge in [-0.15, -0.1) is 5.10 Å². The molecule has 24 heavy (non-hydrogen) atoms. The van der Waals surface area contributed by atoms with E-state index in [0.29, 0.717) is 11.1 Å². The minimum Gasteiger partial charge on any atom is -0.492 e. The maximum atomic E-state index is 13.0. The number of aliphatic hydroxyl groups excluding tert-OH is 2. The summed E-state index contributed by atoms with van der Waals surface area (Å²) in [5.74, 6) is -0.266. The molecule has 2 aromatic carbocycles. The molecule has 0 radical (unpaired) electrons. The van der Waals surface area contributed by atoms with Crippen molar-refractivity contribution in [3.63, 3.8) is 0 Å². The lowest BCUT2D eigenvalue weighted by molar-refractivity contribution is -0.137. The predicted octanol–water partition coefficient (Wildman–Crippen LogP) is 3.87. The van der Waals surface area contributed by atoms with Crippen molar-refractivity contribution in [2.24, 2.45) is 5.10 Å². The van der Waals surface area contributed by atoms with Crippen molar-refractivity contribution in [3.8, 4) is 0 Å². The number of hydrogen-bond acceptors (Lipinski definition) is 3. The van der Waals surface area contributed by atoms with Gasteiger partial charge >= 0.3 is 6.18 Å². The van der Waals surface area contributed by atoms with E-state index in [9.17, 15) is 23.4 Å². The maximum Gasteiger partial charge on any atom is 0.416 e. The molecule has 0 bridgehead atoms. The van der Waals surface area contributed by atoms with Gasteiger partial charge in [-0.2, -0.15) is 13.2 Å². The number of fused-ring (bicyclic) bond motifs is 1. The molecule has 0 aromatic heterocycles. The van der Waals surface area contributed by atoms with Crippen LogP contribution in [0.25, 0.3) is 0 Å². The van der Waals surface area contributed by atoms with E-state index in [0.717, 1.165) is 12.1 Å². The molecule has 0 saturated heterocycles. The number of hydrogen-bond donors (Lipinski definition) is 2. The Bertz CT molecular complexity index is 774. The van der Waals surface area contributed by atoms with Gasteiger partial charge in [-0.25, -0.2) is 0 Å². The fourth-order valence-corrected chi connectivity index (χ4v) is 2.81. The fourth-order valence-electron chi connectivity index (χ4n) is 2.81. The van der Waals surface area contributed by atoms with E-state index in [1.807, 2.05) is 0 Å². The Hall–Kier alpha value is -2.54. The van der Waals surface area contributed by atoms with Gasteiger partial charge in [0.2, 0.25) is 5.90 Å². The van der Waals surface area contributed by atoms with Crippen molar-refractivity contribution in [2.75, 3.05) is 11.6 Å². The number of rotatable bonds is 3. The zero-order chi connectivity index (χ0) is 17.3. The SMILES string of the molecule is OCCC1c2ccccc2C(O)=NN1c1cccc(C(F)(F)F)c1. The van der Waals surface area contributed by atoms with E-state index >= 15 is 0 Å². The molecule has 1 heterocycles. The molecule has 0 saturated carbocycles. The molecule has 2 aromatic rings. The quantitative estimate of drug-likeness (QED) is 0.895. The predicted molar refractivity (Wildman–Crippen MR) is 84.0 cm³/mol. The minimum absolute atomic E-state index is 0.162. The molecule has 0 spiro atoms.